The SMILES string of the molecule is CCc1nc2cc(-c3noc(/C=C/c4ccco4)n3)ccc2o1. The molecule has 23 heavy (non-hydrogen) atoms. The van der Waals surface area contributed by atoms with Gasteiger partial charge >= 0.3 is 0 Å². The molecule has 0 fully saturated rings. The molecule has 3 heterocycles. The molecule has 6 heteroatoms. The Morgan fingerprint density at radius 1 is 1.13 bits per heavy atom. The second-order valence-corrected chi connectivity index (χ2v) is 4.95. The highest BCUT2D eigenvalue weighted by Crippen LogP contribution is 2.23. The Morgan fingerprint density at radius 2 is 2.09 bits per heavy atom. The fourth-order valence-corrected chi connectivity index (χ4v) is 2.23. The second-order valence-electron chi connectivity index (χ2n) is 4.95. The number of hydrogen-bond donors (Lipinski definition) is 0. The van der Waals surface area contributed by atoms with Crippen LogP contribution in [-0.2, 0) is 6.42 Å². The highest BCUT2D eigenvalue weighted by molar-refractivity contribution is 5.78. The number of aromatic nitrogens is 3. The van der Waals surface area contributed by atoms with Crippen molar-refractivity contribution in [1.29, 1.82) is 0 Å². The molecule has 0 radical (unpaired) electrons. The van der Waals surface area contributed by atoms with Crippen LogP contribution in [0.5, 0.6) is 0 Å². The van der Waals surface area contributed by atoms with Crippen LogP contribution in [0.4, 0.5) is 0 Å². The van der Waals surface area contributed by atoms with E-state index < -0.39 is 0 Å². The fraction of sp³-hybridized carbons (Fsp3) is 0.118. The molecular weight excluding hydrogens is 294 g/mol. The summed E-state index contributed by atoms with van der Waals surface area (Å²) >= 11 is 0. The molecule has 1 aromatic carbocycles. The summed E-state index contributed by atoms with van der Waals surface area (Å²) < 4.78 is 16.0. The lowest BCUT2D eigenvalue weighted by atomic mass is 10.2. The minimum atomic E-state index is 0.408. The third-order valence-corrected chi connectivity index (χ3v) is 3.37. The van der Waals surface area contributed by atoms with Crippen molar-refractivity contribution in [2.75, 3.05) is 0 Å². The molecule has 0 atom stereocenters. The molecule has 0 saturated heterocycles. The van der Waals surface area contributed by atoms with Gasteiger partial charge in [-0.3, -0.25) is 0 Å². The summed E-state index contributed by atoms with van der Waals surface area (Å²) in [5.41, 5.74) is 2.37. The van der Waals surface area contributed by atoms with Crippen molar-refractivity contribution in [3.63, 3.8) is 0 Å². The van der Waals surface area contributed by atoms with Crippen LogP contribution in [0, 0.1) is 0 Å². The van der Waals surface area contributed by atoms with E-state index in [9.17, 15) is 0 Å². The maximum atomic E-state index is 5.60. The summed E-state index contributed by atoms with van der Waals surface area (Å²) in [4.78, 5) is 8.76. The lowest BCUT2D eigenvalue weighted by Gasteiger charge is -1.92. The smallest absolute Gasteiger partial charge is 0.251 e. The summed E-state index contributed by atoms with van der Waals surface area (Å²) in [6.07, 6.45) is 5.84. The van der Waals surface area contributed by atoms with Crippen LogP contribution in [-0.4, -0.2) is 15.1 Å². The highest BCUT2D eigenvalue weighted by Gasteiger charge is 2.10. The summed E-state index contributed by atoms with van der Waals surface area (Å²) in [5, 5.41) is 3.99. The number of nitrogens with zero attached hydrogens (tertiary/aromatic N) is 3. The zero-order chi connectivity index (χ0) is 15.6. The van der Waals surface area contributed by atoms with E-state index in [1.54, 1.807) is 18.4 Å². The first-order valence-electron chi connectivity index (χ1n) is 7.27. The van der Waals surface area contributed by atoms with Gasteiger partial charge in [0.2, 0.25) is 5.82 Å². The molecule has 0 spiro atoms. The number of oxazole rings is 1. The number of fused-ring (bicyclic) bond motifs is 1. The lowest BCUT2D eigenvalue weighted by molar-refractivity contribution is 0.411. The molecule has 0 amide bonds. The summed E-state index contributed by atoms with van der Waals surface area (Å²) in [6, 6.07) is 9.31. The Labute approximate surface area is 131 Å². The summed E-state index contributed by atoms with van der Waals surface area (Å²) in [7, 11) is 0. The van der Waals surface area contributed by atoms with Crippen molar-refractivity contribution in [2.24, 2.45) is 0 Å². The third-order valence-electron chi connectivity index (χ3n) is 3.37. The van der Waals surface area contributed by atoms with E-state index in [0.29, 0.717) is 17.6 Å². The van der Waals surface area contributed by atoms with E-state index in [-0.39, 0.29) is 0 Å². The van der Waals surface area contributed by atoms with Gasteiger partial charge in [0.15, 0.2) is 11.5 Å². The van der Waals surface area contributed by atoms with Crippen molar-refractivity contribution in [3.8, 4) is 11.4 Å². The van der Waals surface area contributed by atoms with Gasteiger partial charge in [-0.25, -0.2) is 4.98 Å². The number of aryl methyl sites for hydroxylation is 1. The molecule has 0 aliphatic carbocycles. The predicted octanol–water partition coefficient (Wildman–Crippen LogP) is 4.20. The van der Waals surface area contributed by atoms with Crippen LogP contribution in [0.15, 0.2) is 50.0 Å². The molecule has 3 aromatic heterocycles. The lowest BCUT2D eigenvalue weighted by Crippen LogP contribution is -1.81. The average molecular weight is 307 g/mol. The highest BCUT2D eigenvalue weighted by atomic mass is 16.5. The van der Waals surface area contributed by atoms with E-state index in [1.165, 1.54) is 0 Å². The van der Waals surface area contributed by atoms with Crippen LogP contribution in [0.2, 0.25) is 0 Å². The Balaban J connectivity index is 1.63. The van der Waals surface area contributed by atoms with Crippen LogP contribution >= 0.6 is 0 Å². The van der Waals surface area contributed by atoms with Crippen molar-refractivity contribution in [2.45, 2.75) is 13.3 Å². The van der Waals surface area contributed by atoms with E-state index in [2.05, 4.69) is 15.1 Å². The Hall–Kier alpha value is -3.15. The van der Waals surface area contributed by atoms with E-state index in [0.717, 1.165) is 28.8 Å². The molecule has 0 unspecified atom stereocenters. The third kappa shape index (κ3) is 2.66. The second kappa shape index (κ2) is 5.57. The number of benzene rings is 1. The van der Waals surface area contributed by atoms with Gasteiger partial charge in [0.25, 0.3) is 5.89 Å². The normalized spacial score (nSPS) is 11.7. The monoisotopic (exact) mass is 307 g/mol. The Bertz CT molecular complexity index is 964. The molecule has 0 N–H and O–H groups in total. The minimum Gasteiger partial charge on any atom is -0.465 e. The van der Waals surface area contributed by atoms with Gasteiger partial charge in [0.05, 0.1) is 6.26 Å². The van der Waals surface area contributed by atoms with Gasteiger partial charge in [-0.2, -0.15) is 4.98 Å². The minimum absolute atomic E-state index is 0.408. The molecular formula is C17H13N3O3. The molecule has 0 aliphatic rings. The zero-order valence-electron chi connectivity index (χ0n) is 12.4. The van der Waals surface area contributed by atoms with Gasteiger partial charge < -0.3 is 13.4 Å². The first-order valence-corrected chi connectivity index (χ1v) is 7.27. The number of rotatable bonds is 4. The van der Waals surface area contributed by atoms with Crippen LogP contribution in [0.25, 0.3) is 34.6 Å². The van der Waals surface area contributed by atoms with Crippen LogP contribution in [0.1, 0.15) is 24.5 Å². The molecule has 0 bridgehead atoms. The Kier molecular flexibility index (Phi) is 3.27. The first-order chi connectivity index (χ1) is 11.3. The van der Waals surface area contributed by atoms with Gasteiger partial charge in [-0.15, -0.1) is 0 Å². The topological polar surface area (TPSA) is 78.1 Å². The molecule has 4 aromatic rings. The maximum absolute atomic E-state index is 5.60. The standard InChI is InChI=1S/C17H13N3O3/c1-2-15-18-13-10-11(5-7-14(13)22-15)17-19-16(23-20-17)8-6-12-4-3-9-21-12/h3-10H,2H2,1H3/b8-6+. The zero-order valence-corrected chi connectivity index (χ0v) is 12.4. The van der Waals surface area contributed by atoms with Crippen molar-refractivity contribution >= 4 is 23.3 Å². The molecule has 6 nitrogen and oxygen atoms in total. The van der Waals surface area contributed by atoms with Gasteiger partial charge in [-0.1, -0.05) is 12.1 Å². The molecule has 114 valence electrons. The average Bonchev–Trinajstić information content (AvgIpc) is 3.31. The summed E-state index contributed by atoms with van der Waals surface area (Å²) in [5.74, 6) is 2.35. The molecule has 0 saturated carbocycles. The number of hydrogen-bond acceptors (Lipinski definition) is 6. The Morgan fingerprint density at radius 3 is 2.91 bits per heavy atom. The van der Waals surface area contributed by atoms with Crippen molar-refractivity contribution in [3.05, 3.63) is 54.1 Å². The van der Waals surface area contributed by atoms with E-state index in [4.69, 9.17) is 13.4 Å². The van der Waals surface area contributed by atoms with Gasteiger partial charge in [0, 0.05) is 18.1 Å². The quantitative estimate of drug-likeness (QED) is 0.562. The van der Waals surface area contributed by atoms with Crippen LogP contribution in [0.3, 0.4) is 0 Å². The van der Waals surface area contributed by atoms with Crippen LogP contribution < -0.4 is 0 Å². The van der Waals surface area contributed by atoms with E-state index in [1.807, 2.05) is 37.3 Å². The van der Waals surface area contributed by atoms with E-state index >= 15 is 0 Å². The van der Waals surface area contributed by atoms with Crippen molar-refractivity contribution < 1.29 is 13.4 Å². The summed E-state index contributed by atoms with van der Waals surface area (Å²) in [6.45, 7) is 2.00. The molecule has 0 aliphatic heterocycles. The van der Waals surface area contributed by atoms with Gasteiger partial charge in [0.1, 0.15) is 11.3 Å². The largest absolute Gasteiger partial charge is 0.465 e. The first kappa shape index (κ1) is 13.5. The van der Waals surface area contributed by atoms with Gasteiger partial charge in [-0.05, 0) is 36.4 Å². The molecule has 4 rings (SSSR count). The number of furan rings is 1. The predicted molar refractivity (Wildman–Crippen MR) is 84.3 cm³/mol. The maximum Gasteiger partial charge on any atom is 0.251 e. The van der Waals surface area contributed by atoms with Crippen molar-refractivity contribution in [1.82, 2.24) is 15.1 Å². The fourth-order valence-electron chi connectivity index (χ4n) is 2.23.